The highest BCUT2D eigenvalue weighted by Crippen LogP contribution is 2.35. The van der Waals surface area contributed by atoms with Crippen LogP contribution in [0.4, 0.5) is 5.69 Å². The quantitative estimate of drug-likeness (QED) is 0.828. The Labute approximate surface area is 145 Å². The van der Waals surface area contributed by atoms with E-state index in [1.165, 1.54) is 0 Å². The van der Waals surface area contributed by atoms with Crippen LogP contribution in [0.15, 0.2) is 22.0 Å². The van der Waals surface area contributed by atoms with Crippen molar-refractivity contribution in [3.05, 3.63) is 33.6 Å². The predicted octanol–water partition coefficient (Wildman–Crippen LogP) is 1.56. The van der Waals surface area contributed by atoms with Crippen LogP contribution in [0.25, 0.3) is 10.9 Å². The molecule has 0 amide bonds. The summed E-state index contributed by atoms with van der Waals surface area (Å²) in [5, 5.41) is 10.8. The number of hydrogen-bond donors (Lipinski definition) is 2. The molecular formula is C18H22N4O3. The summed E-state index contributed by atoms with van der Waals surface area (Å²) in [6.45, 7) is 3.84. The van der Waals surface area contributed by atoms with Gasteiger partial charge in [0.25, 0.3) is 5.56 Å². The van der Waals surface area contributed by atoms with Crippen LogP contribution in [0, 0.1) is 0 Å². The summed E-state index contributed by atoms with van der Waals surface area (Å²) in [4.78, 5) is 15.4. The molecule has 0 aliphatic carbocycles. The van der Waals surface area contributed by atoms with Crippen molar-refractivity contribution in [2.75, 3.05) is 45.3 Å². The van der Waals surface area contributed by atoms with Crippen molar-refractivity contribution in [2.45, 2.75) is 12.8 Å². The van der Waals surface area contributed by atoms with Crippen molar-refractivity contribution >= 4 is 22.8 Å². The van der Waals surface area contributed by atoms with Crippen LogP contribution < -0.4 is 15.6 Å². The van der Waals surface area contributed by atoms with Crippen molar-refractivity contribution in [1.82, 2.24) is 9.99 Å². The first kappa shape index (κ1) is 16.0. The first-order valence-corrected chi connectivity index (χ1v) is 8.63. The van der Waals surface area contributed by atoms with Gasteiger partial charge >= 0.3 is 0 Å². The monoisotopic (exact) mass is 342 g/mol. The molecule has 1 saturated heterocycles. The van der Waals surface area contributed by atoms with Gasteiger partial charge in [0.15, 0.2) is 0 Å². The number of nitrogens with one attached hydrogen (secondary N) is 2. The Kier molecular flexibility index (Phi) is 4.31. The molecule has 0 saturated carbocycles. The maximum atomic E-state index is 12.4. The molecule has 25 heavy (non-hydrogen) atoms. The Balaban J connectivity index is 1.78. The van der Waals surface area contributed by atoms with E-state index >= 15 is 0 Å². The SMILES string of the molecule is COc1cc(/C=N/N2CCOCC2)cc2[nH]c(=O)c3c(c12)NCCC3. The second kappa shape index (κ2) is 6.76. The molecule has 2 aliphatic rings. The molecule has 2 N–H and O–H groups in total. The summed E-state index contributed by atoms with van der Waals surface area (Å²) in [6, 6.07) is 3.90. The summed E-state index contributed by atoms with van der Waals surface area (Å²) >= 11 is 0. The zero-order valence-electron chi connectivity index (χ0n) is 14.3. The fourth-order valence-electron chi connectivity index (χ4n) is 3.42. The first-order valence-electron chi connectivity index (χ1n) is 8.63. The molecule has 4 rings (SSSR count). The number of rotatable bonds is 3. The van der Waals surface area contributed by atoms with Crippen molar-refractivity contribution < 1.29 is 9.47 Å². The smallest absolute Gasteiger partial charge is 0.253 e. The van der Waals surface area contributed by atoms with Gasteiger partial charge in [-0.1, -0.05) is 0 Å². The highest BCUT2D eigenvalue weighted by atomic mass is 16.5. The molecular weight excluding hydrogens is 320 g/mol. The highest BCUT2D eigenvalue weighted by Gasteiger charge is 2.19. The van der Waals surface area contributed by atoms with Crippen LogP contribution in [0.2, 0.25) is 0 Å². The lowest BCUT2D eigenvalue weighted by molar-refractivity contribution is 0.0397. The molecule has 0 spiro atoms. The third-order valence-corrected chi connectivity index (χ3v) is 4.68. The number of morpholine rings is 1. The second-order valence-electron chi connectivity index (χ2n) is 6.29. The molecule has 1 fully saturated rings. The Morgan fingerprint density at radius 3 is 2.96 bits per heavy atom. The van der Waals surface area contributed by atoms with Gasteiger partial charge in [-0.05, 0) is 25.0 Å². The Hall–Kier alpha value is -2.54. The van der Waals surface area contributed by atoms with Gasteiger partial charge in [0, 0.05) is 17.7 Å². The molecule has 0 radical (unpaired) electrons. The number of hydrazone groups is 1. The maximum absolute atomic E-state index is 12.4. The number of aromatic amines is 1. The topological polar surface area (TPSA) is 79.0 Å². The van der Waals surface area contributed by atoms with E-state index in [1.807, 2.05) is 17.1 Å². The zero-order valence-corrected chi connectivity index (χ0v) is 14.3. The van der Waals surface area contributed by atoms with E-state index in [2.05, 4.69) is 15.4 Å². The van der Waals surface area contributed by atoms with Crippen molar-refractivity contribution in [3.63, 3.8) is 0 Å². The number of methoxy groups -OCH3 is 1. The summed E-state index contributed by atoms with van der Waals surface area (Å²) in [5.41, 5.74) is 3.34. The van der Waals surface area contributed by atoms with Gasteiger partial charge in [-0.25, -0.2) is 0 Å². The number of aromatic nitrogens is 1. The number of nitrogens with zero attached hydrogens (tertiary/aromatic N) is 2. The van der Waals surface area contributed by atoms with Crippen LogP contribution in [0.3, 0.4) is 0 Å². The molecule has 2 aliphatic heterocycles. The van der Waals surface area contributed by atoms with Crippen LogP contribution in [0.5, 0.6) is 5.75 Å². The summed E-state index contributed by atoms with van der Waals surface area (Å²) < 4.78 is 10.9. The Morgan fingerprint density at radius 1 is 1.32 bits per heavy atom. The standard InChI is InChI=1S/C18H22N4O3/c1-24-15-10-12(11-20-22-5-7-25-8-6-22)9-14-16(15)17-13(18(23)21-14)3-2-4-19-17/h9-11,19H,2-8H2,1H3,(H,21,23)/b20-11+. The van der Waals surface area contributed by atoms with Crippen molar-refractivity contribution in [3.8, 4) is 5.75 Å². The molecule has 7 nitrogen and oxygen atoms in total. The fourth-order valence-corrected chi connectivity index (χ4v) is 3.42. The first-order chi connectivity index (χ1) is 12.3. The van der Waals surface area contributed by atoms with Crippen LogP contribution in [0.1, 0.15) is 17.5 Å². The molecule has 2 aromatic rings. The Morgan fingerprint density at radius 2 is 2.16 bits per heavy atom. The molecule has 3 heterocycles. The second-order valence-corrected chi connectivity index (χ2v) is 6.29. The molecule has 7 heteroatoms. The van der Waals surface area contributed by atoms with E-state index < -0.39 is 0 Å². The van der Waals surface area contributed by atoms with E-state index in [1.54, 1.807) is 13.3 Å². The van der Waals surface area contributed by atoms with E-state index in [0.29, 0.717) is 13.2 Å². The van der Waals surface area contributed by atoms with E-state index in [9.17, 15) is 4.79 Å². The van der Waals surface area contributed by atoms with Gasteiger partial charge in [0.05, 0.1) is 56.2 Å². The largest absolute Gasteiger partial charge is 0.496 e. The van der Waals surface area contributed by atoms with Gasteiger partial charge in [-0.3, -0.25) is 9.80 Å². The average molecular weight is 342 g/mol. The highest BCUT2D eigenvalue weighted by molar-refractivity contribution is 6.01. The normalized spacial score (nSPS) is 17.6. The minimum atomic E-state index is -0.0287. The number of ether oxygens (including phenoxy) is 2. The lowest BCUT2D eigenvalue weighted by atomic mass is 10.00. The lowest BCUT2D eigenvalue weighted by Crippen LogP contribution is -2.32. The third-order valence-electron chi connectivity index (χ3n) is 4.68. The van der Waals surface area contributed by atoms with Crippen molar-refractivity contribution in [1.29, 1.82) is 0 Å². The summed E-state index contributed by atoms with van der Waals surface area (Å²) in [6.07, 6.45) is 3.56. The fraction of sp³-hybridized carbons (Fsp3) is 0.444. The number of pyridine rings is 1. The van der Waals surface area contributed by atoms with Gasteiger partial charge in [-0.2, -0.15) is 5.10 Å². The van der Waals surface area contributed by atoms with Gasteiger partial charge in [0.1, 0.15) is 5.75 Å². The van der Waals surface area contributed by atoms with Gasteiger partial charge in [-0.15, -0.1) is 0 Å². The third kappa shape index (κ3) is 3.07. The lowest BCUT2D eigenvalue weighted by Gasteiger charge is -2.23. The van der Waals surface area contributed by atoms with E-state index in [4.69, 9.17) is 9.47 Å². The van der Waals surface area contributed by atoms with Crippen LogP contribution in [-0.4, -0.2) is 56.2 Å². The number of benzene rings is 1. The molecule has 1 aromatic heterocycles. The Bertz CT molecular complexity index is 869. The van der Waals surface area contributed by atoms with E-state index in [-0.39, 0.29) is 5.56 Å². The number of anilines is 1. The molecule has 132 valence electrons. The maximum Gasteiger partial charge on any atom is 0.253 e. The molecule has 1 aromatic carbocycles. The van der Waals surface area contributed by atoms with E-state index in [0.717, 1.165) is 65.9 Å². The molecule has 0 atom stereocenters. The number of H-pyrrole nitrogens is 1. The average Bonchev–Trinajstić information content (AvgIpc) is 2.66. The predicted molar refractivity (Wildman–Crippen MR) is 97.9 cm³/mol. The summed E-state index contributed by atoms with van der Waals surface area (Å²) in [7, 11) is 1.65. The number of fused-ring (bicyclic) bond motifs is 3. The minimum absolute atomic E-state index is 0.0287. The molecule has 0 bridgehead atoms. The number of hydrogen-bond acceptors (Lipinski definition) is 6. The zero-order chi connectivity index (χ0) is 17.2. The van der Waals surface area contributed by atoms with Gasteiger partial charge < -0.3 is 19.8 Å². The summed E-state index contributed by atoms with van der Waals surface area (Å²) in [5.74, 6) is 0.739. The van der Waals surface area contributed by atoms with Crippen molar-refractivity contribution in [2.24, 2.45) is 5.10 Å². The molecule has 0 unspecified atom stereocenters. The van der Waals surface area contributed by atoms with Gasteiger partial charge in [0.2, 0.25) is 0 Å². The minimum Gasteiger partial charge on any atom is -0.496 e. The van der Waals surface area contributed by atoms with Crippen LogP contribution >= 0.6 is 0 Å². The van der Waals surface area contributed by atoms with Crippen LogP contribution in [-0.2, 0) is 11.2 Å².